The van der Waals surface area contributed by atoms with E-state index in [4.69, 9.17) is 4.74 Å². The lowest BCUT2D eigenvalue weighted by atomic mass is 10.1. The van der Waals surface area contributed by atoms with Crippen molar-refractivity contribution >= 4 is 17.4 Å². The van der Waals surface area contributed by atoms with E-state index in [2.05, 4.69) is 54.1 Å². The van der Waals surface area contributed by atoms with Gasteiger partial charge in [-0.25, -0.2) is 0 Å². The highest BCUT2D eigenvalue weighted by Crippen LogP contribution is 2.27. The van der Waals surface area contributed by atoms with Crippen LogP contribution in [0.1, 0.15) is 17.5 Å². The molecule has 1 unspecified atom stereocenters. The minimum Gasteiger partial charge on any atom is -0.383 e. The van der Waals surface area contributed by atoms with Gasteiger partial charge in [-0.3, -0.25) is 0 Å². The van der Waals surface area contributed by atoms with Crippen molar-refractivity contribution in [3.8, 4) is 0 Å². The molecule has 1 aliphatic rings. The second kappa shape index (κ2) is 7.91. The molecule has 4 heteroatoms. The predicted molar refractivity (Wildman–Crippen MR) is 88.9 cm³/mol. The summed E-state index contributed by atoms with van der Waals surface area (Å²) in [5.74, 6) is 2.56. The average molecular weight is 294 g/mol. The number of nitrogens with one attached hydrogen (secondary N) is 1. The first-order valence-electron chi connectivity index (χ1n) is 7.32. The molecule has 1 N–H and O–H groups in total. The van der Waals surface area contributed by atoms with Gasteiger partial charge in [0.25, 0.3) is 0 Å². The molecule has 1 atom stereocenters. The molecule has 112 valence electrons. The van der Waals surface area contributed by atoms with Crippen LogP contribution in [0.4, 0.5) is 5.69 Å². The molecule has 1 fully saturated rings. The lowest BCUT2D eigenvalue weighted by Gasteiger charge is -2.26. The largest absolute Gasteiger partial charge is 0.383 e. The van der Waals surface area contributed by atoms with Gasteiger partial charge < -0.3 is 15.0 Å². The van der Waals surface area contributed by atoms with E-state index in [9.17, 15) is 0 Å². The molecule has 2 rings (SSSR count). The molecule has 0 spiro atoms. The zero-order valence-corrected chi connectivity index (χ0v) is 13.6. The third kappa shape index (κ3) is 4.14. The summed E-state index contributed by atoms with van der Waals surface area (Å²) < 4.78 is 5.05. The molecule has 20 heavy (non-hydrogen) atoms. The average Bonchev–Trinajstić information content (AvgIpc) is 2.98. The van der Waals surface area contributed by atoms with Crippen LogP contribution in [0.15, 0.2) is 18.2 Å². The quantitative estimate of drug-likeness (QED) is 0.782. The number of aryl methyl sites for hydroxylation is 1. The Morgan fingerprint density at radius 3 is 2.95 bits per heavy atom. The highest BCUT2D eigenvalue weighted by Gasteiger charge is 2.20. The Balaban J connectivity index is 1.94. The van der Waals surface area contributed by atoms with Crippen molar-refractivity contribution in [2.45, 2.75) is 25.9 Å². The molecule has 1 saturated heterocycles. The summed E-state index contributed by atoms with van der Waals surface area (Å²) in [4.78, 5) is 2.44. The third-order valence-corrected chi connectivity index (χ3v) is 5.13. The first-order valence-corrected chi connectivity index (χ1v) is 8.47. The Bertz CT molecular complexity index is 419. The van der Waals surface area contributed by atoms with E-state index in [0.717, 1.165) is 19.7 Å². The number of methoxy groups -OCH3 is 1. The Hall–Kier alpha value is -0.710. The molecule has 0 saturated carbocycles. The van der Waals surface area contributed by atoms with E-state index in [1.807, 2.05) is 0 Å². The highest BCUT2D eigenvalue weighted by atomic mass is 32.2. The van der Waals surface area contributed by atoms with Gasteiger partial charge in [-0.15, -0.1) is 0 Å². The van der Waals surface area contributed by atoms with Gasteiger partial charge in [0.2, 0.25) is 0 Å². The van der Waals surface area contributed by atoms with Crippen molar-refractivity contribution in [3.05, 3.63) is 29.3 Å². The summed E-state index contributed by atoms with van der Waals surface area (Å²) in [6, 6.07) is 7.52. The summed E-state index contributed by atoms with van der Waals surface area (Å²) in [6.07, 6.45) is 1.31. The van der Waals surface area contributed by atoms with Crippen molar-refractivity contribution < 1.29 is 4.74 Å². The fourth-order valence-corrected chi connectivity index (χ4v) is 3.80. The molecule has 0 amide bonds. The van der Waals surface area contributed by atoms with Crippen LogP contribution in [-0.4, -0.2) is 44.9 Å². The zero-order valence-electron chi connectivity index (χ0n) is 12.8. The number of hydrogen-bond acceptors (Lipinski definition) is 4. The van der Waals surface area contributed by atoms with Crippen LogP contribution < -0.4 is 10.2 Å². The summed E-state index contributed by atoms with van der Waals surface area (Å²) >= 11 is 2.06. The minimum absolute atomic E-state index is 0.699. The smallest absolute Gasteiger partial charge is 0.0587 e. The Labute approximate surface area is 127 Å². The van der Waals surface area contributed by atoms with Crippen molar-refractivity contribution in [1.82, 2.24) is 5.32 Å². The predicted octanol–water partition coefficient (Wildman–Crippen LogP) is 2.67. The lowest BCUT2D eigenvalue weighted by Crippen LogP contribution is -2.31. The Morgan fingerprint density at radius 1 is 1.45 bits per heavy atom. The van der Waals surface area contributed by atoms with Crippen LogP contribution in [0.5, 0.6) is 0 Å². The number of anilines is 1. The van der Waals surface area contributed by atoms with Crippen LogP contribution >= 0.6 is 11.8 Å². The highest BCUT2D eigenvalue weighted by molar-refractivity contribution is 7.99. The number of nitrogens with zero attached hydrogens (tertiary/aromatic N) is 1. The van der Waals surface area contributed by atoms with Crippen LogP contribution in [0.25, 0.3) is 0 Å². The fraction of sp³-hybridized carbons (Fsp3) is 0.625. The van der Waals surface area contributed by atoms with Crippen molar-refractivity contribution in [1.29, 1.82) is 0 Å². The third-order valence-electron chi connectivity index (χ3n) is 3.99. The summed E-state index contributed by atoms with van der Waals surface area (Å²) in [6.45, 7) is 4.78. The minimum atomic E-state index is 0.699. The van der Waals surface area contributed by atoms with Gasteiger partial charge in [0.1, 0.15) is 0 Å². The first-order chi connectivity index (χ1) is 9.72. The van der Waals surface area contributed by atoms with Crippen LogP contribution in [0, 0.1) is 6.92 Å². The van der Waals surface area contributed by atoms with E-state index in [1.165, 1.54) is 34.7 Å². The van der Waals surface area contributed by atoms with Crippen molar-refractivity contribution in [2.24, 2.45) is 0 Å². The van der Waals surface area contributed by atoms with Gasteiger partial charge in [0.15, 0.2) is 0 Å². The first kappa shape index (κ1) is 15.7. The van der Waals surface area contributed by atoms with Gasteiger partial charge in [-0.2, -0.15) is 11.8 Å². The van der Waals surface area contributed by atoms with Gasteiger partial charge in [-0.1, -0.05) is 6.07 Å². The molecule has 0 bridgehead atoms. The van der Waals surface area contributed by atoms with E-state index < -0.39 is 0 Å². The van der Waals surface area contributed by atoms with E-state index in [-0.39, 0.29) is 0 Å². The van der Waals surface area contributed by atoms with Crippen molar-refractivity contribution in [2.75, 3.05) is 43.7 Å². The standard InChI is InChI=1S/C16H26N2OS/c1-13-10-15(18(2)16-6-9-20-12-16)5-4-14(13)11-17-7-8-19-3/h4-5,10,16-17H,6-9,11-12H2,1-3H3. The maximum Gasteiger partial charge on any atom is 0.0587 e. The monoisotopic (exact) mass is 294 g/mol. The number of benzene rings is 1. The van der Waals surface area contributed by atoms with Crippen LogP contribution in [0.2, 0.25) is 0 Å². The van der Waals surface area contributed by atoms with Crippen molar-refractivity contribution in [3.63, 3.8) is 0 Å². The number of hydrogen-bond donors (Lipinski definition) is 1. The second-order valence-corrected chi connectivity index (χ2v) is 6.56. The molecule has 1 aromatic rings. The summed E-state index contributed by atoms with van der Waals surface area (Å²) in [5, 5.41) is 3.41. The maximum absolute atomic E-state index is 5.05. The molecule has 3 nitrogen and oxygen atoms in total. The zero-order chi connectivity index (χ0) is 14.4. The summed E-state index contributed by atoms with van der Waals surface area (Å²) in [5.41, 5.74) is 4.08. The SMILES string of the molecule is COCCNCc1ccc(N(C)C2CCSC2)cc1C. The van der Waals surface area contributed by atoms with Crippen LogP contribution in [-0.2, 0) is 11.3 Å². The molecule has 0 radical (unpaired) electrons. The van der Waals surface area contributed by atoms with Gasteiger partial charge >= 0.3 is 0 Å². The number of ether oxygens (including phenoxy) is 1. The van der Waals surface area contributed by atoms with E-state index >= 15 is 0 Å². The maximum atomic E-state index is 5.05. The topological polar surface area (TPSA) is 24.5 Å². The van der Waals surface area contributed by atoms with Gasteiger partial charge in [0, 0.05) is 44.7 Å². The lowest BCUT2D eigenvalue weighted by molar-refractivity contribution is 0.199. The number of rotatable bonds is 7. The normalized spacial score (nSPS) is 18.4. The molecule has 0 aromatic heterocycles. The molecule has 1 aliphatic heterocycles. The molecular weight excluding hydrogens is 268 g/mol. The fourth-order valence-electron chi connectivity index (χ4n) is 2.53. The summed E-state index contributed by atoms with van der Waals surface area (Å²) in [7, 11) is 3.96. The van der Waals surface area contributed by atoms with Crippen LogP contribution in [0.3, 0.4) is 0 Å². The molecular formula is C16H26N2OS. The van der Waals surface area contributed by atoms with E-state index in [1.54, 1.807) is 7.11 Å². The Kier molecular flexibility index (Phi) is 6.20. The van der Waals surface area contributed by atoms with Gasteiger partial charge in [-0.05, 0) is 42.4 Å². The number of thioether (sulfide) groups is 1. The van der Waals surface area contributed by atoms with E-state index in [0.29, 0.717) is 6.04 Å². The molecule has 1 aromatic carbocycles. The Morgan fingerprint density at radius 2 is 2.30 bits per heavy atom. The second-order valence-electron chi connectivity index (χ2n) is 5.41. The molecule has 0 aliphatic carbocycles. The molecule has 1 heterocycles. The van der Waals surface area contributed by atoms with Gasteiger partial charge in [0.05, 0.1) is 6.61 Å².